The first-order valence-electron chi connectivity index (χ1n) is 6.54. The molecule has 0 aliphatic carbocycles. The van der Waals surface area contributed by atoms with Crippen molar-refractivity contribution >= 4 is 31.9 Å². The zero-order valence-electron chi connectivity index (χ0n) is 10.7. The van der Waals surface area contributed by atoms with E-state index in [1.807, 2.05) is 0 Å². The number of rotatable bonds is 4. The number of halogens is 2. The average Bonchev–Trinajstić information content (AvgIpc) is 2.83. The van der Waals surface area contributed by atoms with E-state index in [0.29, 0.717) is 12.6 Å². The summed E-state index contributed by atoms with van der Waals surface area (Å²) in [4.78, 5) is 2.53. The number of nitrogens with two attached hydrogens (primary N) is 1. The van der Waals surface area contributed by atoms with E-state index in [9.17, 15) is 0 Å². The lowest BCUT2D eigenvalue weighted by Crippen LogP contribution is -2.32. The molecule has 1 aromatic carbocycles. The van der Waals surface area contributed by atoms with Gasteiger partial charge in [-0.15, -0.1) is 0 Å². The van der Waals surface area contributed by atoms with Crippen molar-refractivity contribution in [2.45, 2.75) is 25.8 Å². The van der Waals surface area contributed by atoms with Gasteiger partial charge in [0.05, 0.1) is 0 Å². The summed E-state index contributed by atoms with van der Waals surface area (Å²) in [6, 6.07) is 6.80. The third-order valence-corrected chi connectivity index (χ3v) is 5.77. The van der Waals surface area contributed by atoms with Gasteiger partial charge in [-0.2, -0.15) is 0 Å². The lowest BCUT2D eigenvalue weighted by molar-refractivity contribution is 0.241. The third kappa shape index (κ3) is 3.16. The molecule has 1 aliphatic rings. The number of hydrogen-bond donors (Lipinski definition) is 1. The van der Waals surface area contributed by atoms with Crippen LogP contribution in [0.25, 0.3) is 0 Å². The molecule has 18 heavy (non-hydrogen) atoms. The Morgan fingerprint density at radius 2 is 2.17 bits per heavy atom. The standard InChI is InChI=1S/C14H20Br2N2/c1-2-10-5-6-18(9-10)14(8-17)11-3-4-12(15)13(16)7-11/h3-4,7,10,14H,2,5-6,8-9,17H2,1H3. The van der Waals surface area contributed by atoms with Gasteiger partial charge in [-0.05, 0) is 68.4 Å². The van der Waals surface area contributed by atoms with Crippen LogP contribution in [0.4, 0.5) is 0 Å². The molecule has 0 bridgehead atoms. The molecule has 0 aromatic heterocycles. The molecule has 2 unspecified atom stereocenters. The van der Waals surface area contributed by atoms with Gasteiger partial charge in [0.2, 0.25) is 0 Å². The van der Waals surface area contributed by atoms with Crippen LogP contribution in [0.5, 0.6) is 0 Å². The summed E-state index contributed by atoms with van der Waals surface area (Å²) in [5.74, 6) is 0.845. The predicted octanol–water partition coefficient (Wildman–Crippen LogP) is 3.94. The van der Waals surface area contributed by atoms with Crippen LogP contribution in [0.2, 0.25) is 0 Å². The van der Waals surface area contributed by atoms with E-state index in [4.69, 9.17) is 5.73 Å². The lowest BCUT2D eigenvalue weighted by Gasteiger charge is -2.27. The Bertz CT molecular complexity index is 409. The summed E-state index contributed by atoms with van der Waals surface area (Å²) in [6.45, 7) is 5.33. The van der Waals surface area contributed by atoms with Crippen molar-refractivity contribution in [2.24, 2.45) is 11.7 Å². The first-order chi connectivity index (χ1) is 8.65. The molecule has 4 heteroatoms. The molecule has 100 valence electrons. The second kappa shape index (κ2) is 6.51. The Morgan fingerprint density at radius 3 is 2.72 bits per heavy atom. The van der Waals surface area contributed by atoms with Crippen molar-refractivity contribution in [3.8, 4) is 0 Å². The van der Waals surface area contributed by atoms with Crippen LogP contribution >= 0.6 is 31.9 Å². The van der Waals surface area contributed by atoms with Crippen molar-refractivity contribution in [3.05, 3.63) is 32.7 Å². The largest absolute Gasteiger partial charge is 0.329 e. The minimum atomic E-state index is 0.353. The average molecular weight is 376 g/mol. The minimum Gasteiger partial charge on any atom is -0.329 e. The number of hydrogen-bond acceptors (Lipinski definition) is 2. The van der Waals surface area contributed by atoms with E-state index in [1.165, 1.54) is 31.5 Å². The van der Waals surface area contributed by atoms with Crippen LogP contribution in [-0.2, 0) is 0 Å². The second-order valence-electron chi connectivity index (χ2n) is 4.98. The van der Waals surface area contributed by atoms with E-state index in [1.54, 1.807) is 0 Å². The fraction of sp³-hybridized carbons (Fsp3) is 0.571. The zero-order valence-corrected chi connectivity index (χ0v) is 13.9. The normalized spacial score (nSPS) is 22.3. The molecule has 0 radical (unpaired) electrons. The maximum atomic E-state index is 5.99. The van der Waals surface area contributed by atoms with Crippen molar-refractivity contribution in [1.29, 1.82) is 0 Å². The summed E-state index contributed by atoms with van der Waals surface area (Å²) >= 11 is 7.08. The maximum absolute atomic E-state index is 5.99. The molecular formula is C14H20Br2N2. The first-order valence-corrected chi connectivity index (χ1v) is 8.13. The SMILES string of the molecule is CCC1CCN(C(CN)c2ccc(Br)c(Br)c2)C1. The van der Waals surface area contributed by atoms with E-state index >= 15 is 0 Å². The molecule has 1 aliphatic heterocycles. The summed E-state index contributed by atoms with van der Waals surface area (Å²) < 4.78 is 2.19. The monoisotopic (exact) mass is 374 g/mol. The van der Waals surface area contributed by atoms with Crippen LogP contribution in [0.1, 0.15) is 31.4 Å². The summed E-state index contributed by atoms with van der Waals surface area (Å²) in [5, 5.41) is 0. The smallest absolute Gasteiger partial charge is 0.0470 e. The predicted molar refractivity (Wildman–Crippen MR) is 83.6 cm³/mol. The highest BCUT2D eigenvalue weighted by atomic mass is 79.9. The number of benzene rings is 1. The van der Waals surface area contributed by atoms with Gasteiger partial charge >= 0.3 is 0 Å². The quantitative estimate of drug-likeness (QED) is 0.863. The van der Waals surface area contributed by atoms with Gasteiger partial charge in [0.25, 0.3) is 0 Å². The van der Waals surface area contributed by atoms with E-state index in [-0.39, 0.29) is 0 Å². The number of likely N-dealkylation sites (tertiary alicyclic amines) is 1. The Balaban J connectivity index is 2.15. The van der Waals surface area contributed by atoms with E-state index < -0.39 is 0 Å². The highest BCUT2D eigenvalue weighted by Gasteiger charge is 2.27. The van der Waals surface area contributed by atoms with Crippen LogP contribution < -0.4 is 5.73 Å². The molecular weight excluding hydrogens is 356 g/mol. The molecule has 0 spiro atoms. The Labute approximate surface area is 126 Å². The Kier molecular flexibility index (Phi) is 5.24. The fourth-order valence-electron chi connectivity index (χ4n) is 2.69. The molecule has 0 saturated carbocycles. The highest BCUT2D eigenvalue weighted by Crippen LogP contribution is 2.32. The van der Waals surface area contributed by atoms with Gasteiger partial charge in [-0.3, -0.25) is 4.90 Å². The molecule has 1 saturated heterocycles. The molecule has 2 atom stereocenters. The van der Waals surface area contributed by atoms with Crippen molar-refractivity contribution < 1.29 is 0 Å². The highest BCUT2D eigenvalue weighted by molar-refractivity contribution is 9.13. The minimum absolute atomic E-state index is 0.353. The topological polar surface area (TPSA) is 29.3 Å². The molecule has 2 nitrogen and oxygen atoms in total. The molecule has 1 fully saturated rings. The van der Waals surface area contributed by atoms with E-state index in [2.05, 4.69) is 61.9 Å². The fourth-order valence-corrected chi connectivity index (χ4v) is 3.34. The van der Waals surface area contributed by atoms with Crippen LogP contribution in [0, 0.1) is 5.92 Å². The van der Waals surface area contributed by atoms with Crippen molar-refractivity contribution in [3.63, 3.8) is 0 Å². The van der Waals surface area contributed by atoms with Gasteiger partial charge in [0.15, 0.2) is 0 Å². The maximum Gasteiger partial charge on any atom is 0.0470 e. The van der Waals surface area contributed by atoms with Gasteiger partial charge in [0.1, 0.15) is 0 Å². The molecule has 1 heterocycles. The Morgan fingerprint density at radius 1 is 1.39 bits per heavy atom. The van der Waals surface area contributed by atoms with Crippen LogP contribution in [0.15, 0.2) is 27.1 Å². The summed E-state index contributed by atoms with van der Waals surface area (Å²) in [6.07, 6.45) is 2.59. The molecule has 1 aromatic rings. The summed E-state index contributed by atoms with van der Waals surface area (Å²) in [5.41, 5.74) is 7.30. The molecule has 2 N–H and O–H groups in total. The van der Waals surface area contributed by atoms with Crippen molar-refractivity contribution in [1.82, 2.24) is 4.90 Å². The van der Waals surface area contributed by atoms with Gasteiger partial charge in [-0.25, -0.2) is 0 Å². The number of nitrogens with zero attached hydrogens (tertiary/aromatic N) is 1. The third-order valence-electron chi connectivity index (χ3n) is 3.89. The van der Waals surface area contributed by atoms with Crippen LogP contribution in [0.3, 0.4) is 0 Å². The molecule has 2 rings (SSSR count). The van der Waals surface area contributed by atoms with Gasteiger partial charge in [0, 0.05) is 28.1 Å². The van der Waals surface area contributed by atoms with Crippen molar-refractivity contribution in [2.75, 3.05) is 19.6 Å². The second-order valence-corrected chi connectivity index (χ2v) is 6.69. The van der Waals surface area contributed by atoms with Gasteiger partial charge in [-0.1, -0.05) is 19.4 Å². The lowest BCUT2D eigenvalue weighted by atomic mass is 10.0. The van der Waals surface area contributed by atoms with Gasteiger partial charge < -0.3 is 5.73 Å². The van der Waals surface area contributed by atoms with Crippen LogP contribution in [-0.4, -0.2) is 24.5 Å². The summed E-state index contributed by atoms with van der Waals surface area (Å²) in [7, 11) is 0. The Hall–Kier alpha value is 0.1000. The van der Waals surface area contributed by atoms with E-state index in [0.717, 1.165) is 14.9 Å². The zero-order chi connectivity index (χ0) is 13.1. The molecule has 0 amide bonds. The first kappa shape index (κ1) is 14.5.